The Morgan fingerprint density at radius 3 is 2.80 bits per heavy atom. The number of amides is 1. The fraction of sp³-hybridized carbons (Fsp3) is 0.286. The van der Waals surface area contributed by atoms with Gasteiger partial charge in [0.15, 0.2) is 0 Å². The number of nitrogens with two attached hydrogens (primary N) is 1. The van der Waals surface area contributed by atoms with Crippen LogP contribution >= 0.6 is 27.3 Å². The van der Waals surface area contributed by atoms with Gasteiger partial charge in [-0.15, -0.1) is 11.3 Å². The second-order valence-corrected chi connectivity index (χ2v) is 6.21. The van der Waals surface area contributed by atoms with E-state index in [-0.39, 0.29) is 11.9 Å². The number of nitrogens with one attached hydrogen (secondary N) is 1. The quantitative estimate of drug-likeness (QED) is 0.867. The molecule has 0 aliphatic rings. The van der Waals surface area contributed by atoms with Gasteiger partial charge in [-0.2, -0.15) is 0 Å². The molecule has 0 radical (unpaired) electrons. The van der Waals surface area contributed by atoms with Crippen LogP contribution in [0.15, 0.2) is 34.1 Å². The van der Waals surface area contributed by atoms with Gasteiger partial charge >= 0.3 is 0 Å². The minimum Gasteiger partial charge on any atom is -0.347 e. The van der Waals surface area contributed by atoms with E-state index in [0.29, 0.717) is 13.0 Å². The third kappa shape index (κ3) is 3.88. The van der Waals surface area contributed by atoms with Gasteiger partial charge in [-0.25, -0.2) is 4.98 Å². The van der Waals surface area contributed by atoms with Crippen molar-refractivity contribution in [1.29, 1.82) is 0 Å². The Hall–Kier alpha value is -1.24. The van der Waals surface area contributed by atoms with E-state index in [1.165, 1.54) is 0 Å². The van der Waals surface area contributed by atoms with Crippen molar-refractivity contribution >= 4 is 33.2 Å². The molecule has 0 aliphatic carbocycles. The molecule has 1 aromatic carbocycles. The second-order valence-electron chi connectivity index (χ2n) is 4.41. The zero-order valence-corrected chi connectivity index (χ0v) is 13.5. The molecule has 6 heteroatoms. The molecule has 0 fully saturated rings. The van der Waals surface area contributed by atoms with Crippen molar-refractivity contribution in [3.8, 4) is 11.3 Å². The van der Waals surface area contributed by atoms with E-state index >= 15 is 0 Å². The summed E-state index contributed by atoms with van der Waals surface area (Å²) in [6.45, 7) is 2.29. The van der Waals surface area contributed by atoms with E-state index in [4.69, 9.17) is 5.73 Å². The predicted molar refractivity (Wildman–Crippen MR) is 85.5 cm³/mol. The summed E-state index contributed by atoms with van der Waals surface area (Å²) in [7, 11) is 0. The average molecular weight is 354 g/mol. The van der Waals surface area contributed by atoms with E-state index in [0.717, 1.165) is 20.7 Å². The van der Waals surface area contributed by atoms with E-state index in [9.17, 15) is 4.79 Å². The van der Waals surface area contributed by atoms with Crippen LogP contribution < -0.4 is 11.1 Å². The molecule has 0 saturated carbocycles. The number of carbonyl (C=O) groups is 1. The van der Waals surface area contributed by atoms with Crippen molar-refractivity contribution < 1.29 is 4.79 Å². The third-order valence-electron chi connectivity index (χ3n) is 2.78. The number of benzene rings is 1. The molecule has 1 amide bonds. The van der Waals surface area contributed by atoms with Crippen molar-refractivity contribution in [3.05, 3.63) is 39.1 Å². The molecule has 1 atom stereocenters. The summed E-state index contributed by atoms with van der Waals surface area (Å²) >= 11 is 4.96. The lowest BCUT2D eigenvalue weighted by atomic mass is 10.2. The van der Waals surface area contributed by atoms with Crippen molar-refractivity contribution in [1.82, 2.24) is 10.3 Å². The van der Waals surface area contributed by atoms with Crippen LogP contribution in [0.1, 0.15) is 24.4 Å². The molecule has 0 bridgehead atoms. The lowest BCUT2D eigenvalue weighted by molar-refractivity contribution is -0.121. The minimum absolute atomic E-state index is 0.0413. The first-order chi connectivity index (χ1) is 9.60. The highest BCUT2D eigenvalue weighted by molar-refractivity contribution is 9.10. The van der Waals surface area contributed by atoms with Crippen LogP contribution in [0.25, 0.3) is 11.3 Å². The summed E-state index contributed by atoms with van der Waals surface area (Å²) in [6.07, 6.45) is 0.343. The van der Waals surface area contributed by atoms with Crippen molar-refractivity contribution in [2.45, 2.75) is 19.4 Å². The zero-order chi connectivity index (χ0) is 14.5. The van der Waals surface area contributed by atoms with Gasteiger partial charge in [0.25, 0.3) is 0 Å². The Balaban J connectivity index is 2.08. The van der Waals surface area contributed by atoms with Gasteiger partial charge in [0.1, 0.15) is 5.01 Å². The highest BCUT2D eigenvalue weighted by Crippen LogP contribution is 2.26. The number of carbonyl (C=O) groups excluding carboxylic acids is 1. The predicted octanol–water partition coefficient (Wildman–Crippen LogP) is 3.10. The molecule has 0 spiro atoms. The number of aromatic nitrogens is 1. The lowest BCUT2D eigenvalue weighted by Crippen LogP contribution is -2.28. The third-order valence-corrected chi connectivity index (χ3v) is 4.34. The van der Waals surface area contributed by atoms with Crippen molar-refractivity contribution in [3.63, 3.8) is 0 Å². The molecule has 4 nitrogen and oxygen atoms in total. The van der Waals surface area contributed by atoms with Gasteiger partial charge in [-0.3, -0.25) is 4.79 Å². The van der Waals surface area contributed by atoms with Crippen molar-refractivity contribution in [2.24, 2.45) is 5.73 Å². The maximum absolute atomic E-state index is 11.5. The molecular weight excluding hydrogens is 338 g/mol. The Morgan fingerprint density at radius 2 is 2.15 bits per heavy atom. The van der Waals surface area contributed by atoms with Crippen LogP contribution in [0.3, 0.4) is 0 Å². The zero-order valence-electron chi connectivity index (χ0n) is 11.1. The Labute approximate surface area is 130 Å². The van der Waals surface area contributed by atoms with Crippen LogP contribution in [0, 0.1) is 0 Å². The van der Waals surface area contributed by atoms with Gasteiger partial charge in [0, 0.05) is 28.4 Å². The molecule has 2 aromatic rings. The maximum atomic E-state index is 11.5. The van der Waals surface area contributed by atoms with E-state index < -0.39 is 0 Å². The first kappa shape index (κ1) is 15.2. The van der Waals surface area contributed by atoms with Crippen LogP contribution in [0.5, 0.6) is 0 Å². The lowest BCUT2D eigenvalue weighted by Gasteiger charge is -2.10. The summed E-state index contributed by atoms with van der Waals surface area (Å²) in [6, 6.07) is 7.91. The van der Waals surface area contributed by atoms with E-state index in [1.807, 2.05) is 36.6 Å². The summed E-state index contributed by atoms with van der Waals surface area (Å²) in [5.41, 5.74) is 7.35. The van der Waals surface area contributed by atoms with E-state index in [2.05, 4.69) is 26.2 Å². The highest BCUT2D eigenvalue weighted by Gasteiger charge is 2.13. The summed E-state index contributed by atoms with van der Waals surface area (Å²) in [4.78, 5) is 16.1. The van der Waals surface area contributed by atoms with Gasteiger partial charge in [0.2, 0.25) is 5.91 Å². The van der Waals surface area contributed by atoms with Gasteiger partial charge in [0.05, 0.1) is 11.7 Å². The molecule has 20 heavy (non-hydrogen) atoms. The van der Waals surface area contributed by atoms with Crippen LogP contribution in [0.4, 0.5) is 0 Å². The topological polar surface area (TPSA) is 68.0 Å². The van der Waals surface area contributed by atoms with Crippen LogP contribution in [0.2, 0.25) is 0 Å². The largest absolute Gasteiger partial charge is 0.347 e. The molecule has 3 N–H and O–H groups in total. The van der Waals surface area contributed by atoms with E-state index in [1.54, 1.807) is 11.3 Å². The van der Waals surface area contributed by atoms with Gasteiger partial charge in [-0.05, 0) is 19.1 Å². The first-order valence-electron chi connectivity index (χ1n) is 6.31. The molecule has 1 unspecified atom stereocenters. The molecule has 1 aromatic heterocycles. The number of halogens is 1. The Morgan fingerprint density at radius 1 is 1.45 bits per heavy atom. The smallest absolute Gasteiger partial charge is 0.221 e. The molecule has 2 rings (SSSR count). The number of rotatable bonds is 5. The summed E-state index contributed by atoms with van der Waals surface area (Å²) in [5, 5.41) is 5.79. The van der Waals surface area contributed by atoms with Crippen LogP contribution in [-0.4, -0.2) is 17.4 Å². The molecular formula is C14H16BrN3OS. The molecule has 0 aliphatic heterocycles. The number of hydrogen-bond donors (Lipinski definition) is 2. The number of thiazole rings is 1. The Bertz CT molecular complexity index is 582. The van der Waals surface area contributed by atoms with Crippen molar-refractivity contribution in [2.75, 3.05) is 6.54 Å². The van der Waals surface area contributed by atoms with Crippen LogP contribution in [-0.2, 0) is 4.79 Å². The standard InChI is InChI=1S/C14H16BrN3OS/c1-9(17-13(19)6-7-16)14-18-12(8-20-14)10-2-4-11(15)5-3-10/h2-5,8-9H,6-7,16H2,1H3,(H,17,19). The number of nitrogens with zero attached hydrogens (tertiary/aromatic N) is 1. The number of hydrogen-bond acceptors (Lipinski definition) is 4. The molecule has 1 heterocycles. The summed E-state index contributed by atoms with van der Waals surface area (Å²) < 4.78 is 1.04. The normalized spacial score (nSPS) is 12.2. The monoisotopic (exact) mass is 353 g/mol. The average Bonchev–Trinajstić information content (AvgIpc) is 2.89. The van der Waals surface area contributed by atoms with Gasteiger partial charge in [-0.1, -0.05) is 28.1 Å². The maximum Gasteiger partial charge on any atom is 0.221 e. The highest BCUT2D eigenvalue weighted by atomic mass is 79.9. The first-order valence-corrected chi connectivity index (χ1v) is 7.98. The fourth-order valence-electron chi connectivity index (χ4n) is 1.75. The molecule has 106 valence electrons. The Kier molecular flexibility index (Phi) is 5.28. The second kappa shape index (κ2) is 6.97. The fourth-order valence-corrected chi connectivity index (χ4v) is 2.85. The molecule has 0 saturated heterocycles. The SMILES string of the molecule is CC(NC(=O)CCN)c1nc(-c2ccc(Br)cc2)cs1. The minimum atomic E-state index is -0.0942. The van der Waals surface area contributed by atoms with Gasteiger partial charge < -0.3 is 11.1 Å². The summed E-state index contributed by atoms with van der Waals surface area (Å²) in [5.74, 6) is -0.0413.